The Kier molecular flexibility index (Phi) is 3.72. The van der Waals surface area contributed by atoms with E-state index in [4.69, 9.17) is 4.74 Å². The summed E-state index contributed by atoms with van der Waals surface area (Å²) >= 11 is 0. The molecule has 0 saturated carbocycles. The Hall–Kier alpha value is -2.39. The summed E-state index contributed by atoms with van der Waals surface area (Å²) in [5.41, 5.74) is 1.48. The Morgan fingerprint density at radius 3 is 2.65 bits per heavy atom. The van der Waals surface area contributed by atoms with Gasteiger partial charge in [0.05, 0.1) is 12.5 Å². The zero-order valence-electron chi connectivity index (χ0n) is 13.1. The second kappa shape index (κ2) is 6.01. The minimum atomic E-state index is 0.248. The van der Waals surface area contributed by atoms with Crippen molar-refractivity contribution in [2.45, 2.75) is 18.9 Å². The van der Waals surface area contributed by atoms with Crippen LogP contribution in [0.25, 0.3) is 0 Å². The minimum absolute atomic E-state index is 0.248. The second-order valence-corrected chi connectivity index (χ2v) is 6.19. The summed E-state index contributed by atoms with van der Waals surface area (Å²) in [4.78, 5) is 6.50. The first-order valence-electron chi connectivity index (χ1n) is 7.99. The summed E-state index contributed by atoms with van der Waals surface area (Å²) < 4.78 is 7.90. The van der Waals surface area contributed by atoms with Crippen LogP contribution < -0.4 is 4.74 Å². The van der Waals surface area contributed by atoms with Crippen LogP contribution >= 0.6 is 0 Å². The van der Waals surface area contributed by atoms with Gasteiger partial charge in [-0.2, -0.15) is 0 Å². The highest BCUT2D eigenvalue weighted by Gasteiger charge is 2.35. The van der Waals surface area contributed by atoms with E-state index in [2.05, 4.69) is 31.9 Å². The predicted octanol–water partition coefficient (Wildman–Crippen LogP) is 1.08. The van der Waals surface area contributed by atoms with Crippen molar-refractivity contribution in [3.63, 3.8) is 0 Å². The fourth-order valence-corrected chi connectivity index (χ4v) is 3.25. The largest absolute Gasteiger partial charge is 0.472 e. The molecule has 0 amide bonds. The molecule has 118 valence electrons. The SMILES string of the molecule is Cn1cncc1C#Cc1ccc(OC2CN3CCC2CC3)nn1. The van der Waals surface area contributed by atoms with Gasteiger partial charge in [0, 0.05) is 19.7 Å². The Bertz CT molecular complexity index is 734. The van der Waals surface area contributed by atoms with Gasteiger partial charge in [-0.1, -0.05) is 0 Å². The molecule has 1 atom stereocenters. The summed E-state index contributed by atoms with van der Waals surface area (Å²) in [5.74, 6) is 7.28. The van der Waals surface area contributed by atoms with Gasteiger partial charge in [0.25, 0.3) is 0 Å². The fraction of sp³-hybridized carbons (Fsp3) is 0.471. The molecule has 0 aliphatic carbocycles. The number of ether oxygens (including phenoxy) is 1. The maximum absolute atomic E-state index is 6.04. The van der Waals surface area contributed by atoms with Gasteiger partial charge < -0.3 is 9.30 Å². The molecular weight excluding hydrogens is 290 g/mol. The van der Waals surface area contributed by atoms with Gasteiger partial charge in [0.2, 0.25) is 5.88 Å². The first-order chi connectivity index (χ1) is 11.3. The van der Waals surface area contributed by atoms with Crippen LogP contribution in [0, 0.1) is 17.8 Å². The third-order valence-corrected chi connectivity index (χ3v) is 4.64. The number of imidazole rings is 1. The van der Waals surface area contributed by atoms with Gasteiger partial charge in [0.15, 0.2) is 0 Å². The Morgan fingerprint density at radius 1 is 1.17 bits per heavy atom. The van der Waals surface area contributed by atoms with Crippen LogP contribution in [0.2, 0.25) is 0 Å². The van der Waals surface area contributed by atoms with E-state index in [1.54, 1.807) is 12.5 Å². The molecule has 0 spiro atoms. The zero-order chi connectivity index (χ0) is 15.6. The molecule has 2 bridgehead atoms. The molecule has 5 heterocycles. The molecule has 3 aliphatic heterocycles. The van der Waals surface area contributed by atoms with Crippen molar-refractivity contribution >= 4 is 0 Å². The molecule has 0 N–H and O–H groups in total. The standard InChI is InChI=1S/C17H19N5O/c1-21-12-18-10-15(21)4-2-14-3-5-17(20-19-14)23-16-11-22-8-6-13(16)7-9-22/h3,5,10,12-13,16H,6-9,11H2,1H3. The minimum Gasteiger partial charge on any atom is -0.472 e. The van der Waals surface area contributed by atoms with E-state index in [9.17, 15) is 0 Å². The highest BCUT2D eigenvalue weighted by molar-refractivity contribution is 5.35. The van der Waals surface area contributed by atoms with Crippen LogP contribution in [0.4, 0.5) is 0 Å². The van der Waals surface area contributed by atoms with Crippen molar-refractivity contribution in [3.05, 3.63) is 36.0 Å². The number of fused-ring (bicyclic) bond motifs is 3. The number of rotatable bonds is 2. The van der Waals surface area contributed by atoms with Crippen LogP contribution in [0.15, 0.2) is 24.7 Å². The smallest absolute Gasteiger partial charge is 0.233 e. The van der Waals surface area contributed by atoms with Crippen LogP contribution in [-0.4, -0.2) is 50.4 Å². The molecule has 3 aliphatic rings. The normalized spacial score (nSPS) is 25.7. The monoisotopic (exact) mass is 309 g/mol. The van der Waals surface area contributed by atoms with Crippen LogP contribution in [0.3, 0.4) is 0 Å². The van der Waals surface area contributed by atoms with Crippen molar-refractivity contribution in [2.24, 2.45) is 13.0 Å². The van der Waals surface area contributed by atoms with Gasteiger partial charge in [0.1, 0.15) is 17.5 Å². The van der Waals surface area contributed by atoms with Gasteiger partial charge in [-0.3, -0.25) is 4.90 Å². The Morgan fingerprint density at radius 2 is 2.04 bits per heavy atom. The van der Waals surface area contributed by atoms with Crippen molar-refractivity contribution < 1.29 is 4.74 Å². The maximum atomic E-state index is 6.04. The van der Waals surface area contributed by atoms with E-state index in [0.29, 0.717) is 17.5 Å². The summed E-state index contributed by atoms with van der Waals surface area (Å²) in [5, 5.41) is 8.31. The lowest BCUT2D eigenvalue weighted by atomic mass is 9.86. The molecule has 2 aromatic rings. The first kappa shape index (κ1) is 14.2. The molecule has 3 saturated heterocycles. The van der Waals surface area contributed by atoms with Gasteiger partial charge in [-0.05, 0) is 49.8 Å². The summed E-state index contributed by atoms with van der Waals surface area (Å²) in [6.45, 7) is 3.42. The molecule has 5 rings (SSSR count). The molecule has 6 nitrogen and oxygen atoms in total. The number of aromatic nitrogens is 4. The van der Waals surface area contributed by atoms with Crippen molar-refractivity contribution in [1.82, 2.24) is 24.6 Å². The Labute approximate surface area is 135 Å². The highest BCUT2D eigenvalue weighted by atomic mass is 16.5. The summed E-state index contributed by atoms with van der Waals surface area (Å²) in [6, 6.07) is 3.71. The van der Waals surface area contributed by atoms with Gasteiger partial charge in [-0.15, -0.1) is 10.2 Å². The molecule has 3 fully saturated rings. The number of hydrogen-bond acceptors (Lipinski definition) is 5. The topological polar surface area (TPSA) is 56.1 Å². The van der Waals surface area contributed by atoms with E-state index in [0.717, 1.165) is 12.2 Å². The number of aryl methyl sites for hydroxylation is 1. The number of nitrogens with zero attached hydrogens (tertiary/aromatic N) is 5. The molecule has 0 radical (unpaired) electrons. The third kappa shape index (κ3) is 3.06. The van der Waals surface area contributed by atoms with Crippen LogP contribution in [-0.2, 0) is 7.05 Å². The van der Waals surface area contributed by atoms with Gasteiger partial charge >= 0.3 is 0 Å². The fourth-order valence-electron chi connectivity index (χ4n) is 3.25. The quantitative estimate of drug-likeness (QED) is 0.777. The zero-order valence-corrected chi connectivity index (χ0v) is 13.1. The second-order valence-electron chi connectivity index (χ2n) is 6.19. The molecule has 23 heavy (non-hydrogen) atoms. The molecule has 2 aromatic heterocycles. The maximum Gasteiger partial charge on any atom is 0.233 e. The molecule has 0 aromatic carbocycles. The Balaban J connectivity index is 1.42. The van der Waals surface area contributed by atoms with Crippen LogP contribution in [0.5, 0.6) is 5.88 Å². The van der Waals surface area contributed by atoms with Crippen LogP contribution in [0.1, 0.15) is 24.2 Å². The van der Waals surface area contributed by atoms with E-state index >= 15 is 0 Å². The molecular formula is C17H19N5O. The first-order valence-corrected chi connectivity index (χ1v) is 7.99. The van der Waals surface area contributed by atoms with E-state index < -0.39 is 0 Å². The lowest BCUT2D eigenvalue weighted by Gasteiger charge is -2.44. The van der Waals surface area contributed by atoms with E-state index in [-0.39, 0.29) is 6.10 Å². The lowest BCUT2D eigenvalue weighted by molar-refractivity contribution is -0.0104. The average Bonchev–Trinajstić information content (AvgIpc) is 3.00. The van der Waals surface area contributed by atoms with Crippen molar-refractivity contribution in [1.29, 1.82) is 0 Å². The van der Waals surface area contributed by atoms with E-state index in [1.165, 1.54) is 25.9 Å². The molecule has 6 heteroatoms. The third-order valence-electron chi connectivity index (χ3n) is 4.64. The van der Waals surface area contributed by atoms with Crippen molar-refractivity contribution in [3.8, 4) is 17.7 Å². The van der Waals surface area contributed by atoms with E-state index in [1.807, 2.05) is 23.7 Å². The number of hydrogen-bond donors (Lipinski definition) is 0. The number of piperidine rings is 3. The van der Waals surface area contributed by atoms with Crippen molar-refractivity contribution in [2.75, 3.05) is 19.6 Å². The highest BCUT2D eigenvalue weighted by Crippen LogP contribution is 2.29. The predicted molar refractivity (Wildman–Crippen MR) is 84.8 cm³/mol. The summed E-state index contributed by atoms with van der Waals surface area (Å²) in [6.07, 6.45) is 6.16. The summed E-state index contributed by atoms with van der Waals surface area (Å²) in [7, 11) is 1.91. The lowest BCUT2D eigenvalue weighted by Crippen LogP contribution is -2.52. The van der Waals surface area contributed by atoms with Gasteiger partial charge in [-0.25, -0.2) is 4.98 Å². The molecule has 1 unspecified atom stereocenters. The average molecular weight is 309 g/mol.